The molecule has 0 atom stereocenters. The zero-order chi connectivity index (χ0) is 13.1. The summed E-state index contributed by atoms with van der Waals surface area (Å²) >= 11 is 12.0. The third-order valence-electron chi connectivity index (χ3n) is 2.21. The van der Waals surface area contributed by atoms with Crippen LogP contribution in [0.25, 0.3) is 11.5 Å². The molecule has 0 bridgehead atoms. The number of aromatic nitrogens is 3. The molecule has 0 aliphatic heterocycles. The van der Waals surface area contributed by atoms with Crippen molar-refractivity contribution in [3.63, 3.8) is 0 Å². The maximum atomic E-state index is 5.21. The second-order valence-electron chi connectivity index (χ2n) is 3.45. The molecule has 0 amide bonds. The Morgan fingerprint density at radius 3 is 2.89 bits per heavy atom. The lowest BCUT2D eigenvalue weighted by Crippen LogP contribution is -2.01. The molecule has 0 aromatic carbocycles. The number of hydrogen-bond acceptors (Lipinski definition) is 4. The Morgan fingerprint density at radius 1 is 1.44 bits per heavy atom. The van der Waals surface area contributed by atoms with Gasteiger partial charge in [-0.15, -0.1) is 0 Å². The van der Waals surface area contributed by atoms with Gasteiger partial charge >= 0.3 is 0 Å². The Hall–Kier alpha value is -0.630. The number of aromatic amines is 1. The summed E-state index contributed by atoms with van der Waals surface area (Å²) in [6, 6.07) is 3.75. The number of nitrogens with one attached hydrogen (secondary N) is 1. The zero-order valence-corrected chi connectivity index (χ0v) is 13.4. The van der Waals surface area contributed by atoms with Crippen LogP contribution >= 0.6 is 44.1 Å². The van der Waals surface area contributed by atoms with Crippen molar-refractivity contribution >= 4 is 44.1 Å². The van der Waals surface area contributed by atoms with Crippen molar-refractivity contribution in [2.75, 3.05) is 7.11 Å². The van der Waals surface area contributed by atoms with Crippen molar-refractivity contribution in [3.05, 3.63) is 37.6 Å². The summed E-state index contributed by atoms with van der Waals surface area (Å²) in [7, 11) is 1.63. The molecule has 18 heavy (non-hydrogen) atoms. The quantitative estimate of drug-likeness (QED) is 0.808. The lowest BCUT2D eigenvalue weighted by Gasteiger charge is -2.08. The molecule has 0 saturated carbocycles. The highest BCUT2D eigenvalue weighted by Crippen LogP contribution is 2.25. The van der Waals surface area contributed by atoms with E-state index in [1.54, 1.807) is 13.3 Å². The van der Waals surface area contributed by atoms with Gasteiger partial charge in [-0.2, -0.15) is 0 Å². The Kier molecular flexibility index (Phi) is 4.60. The minimum Gasteiger partial charge on any atom is -0.378 e. The molecule has 2 aromatic heterocycles. The summed E-state index contributed by atoms with van der Waals surface area (Å²) in [6.07, 6.45) is 1.71. The van der Waals surface area contributed by atoms with E-state index >= 15 is 0 Å². The van der Waals surface area contributed by atoms with Gasteiger partial charge in [0.2, 0.25) is 0 Å². The van der Waals surface area contributed by atoms with Gasteiger partial charge in [0.25, 0.3) is 0 Å². The van der Waals surface area contributed by atoms with E-state index in [0.29, 0.717) is 22.8 Å². The predicted molar refractivity (Wildman–Crippen MR) is 78.8 cm³/mol. The van der Waals surface area contributed by atoms with Crippen LogP contribution in [0.2, 0.25) is 0 Å². The molecule has 2 rings (SSSR count). The highest BCUT2D eigenvalue weighted by atomic mass is 79.9. The topological polar surface area (TPSA) is 50.8 Å². The van der Waals surface area contributed by atoms with Gasteiger partial charge in [-0.1, -0.05) is 12.2 Å². The lowest BCUT2D eigenvalue weighted by atomic mass is 10.3. The van der Waals surface area contributed by atoms with Gasteiger partial charge in [0.05, 0.1) is 16.8 Å². The van der Waals surface area contributed by atoms with Crippen LogP contribution in [0, 0.1) is 4.64 Å². The molecule has 4 nitrogen and oxygen atoms in total. The van der Waals surface area contributed by atoms with Crippen molar-refractivity contribution in [1.82, 2.24) is 15.0 Å². The van der Waals surface area contributed by atoms with Gasteiger partial charge in [-0.05, 0) is 44.0 Å². The van der Waals surface area contributed by atoms with Crippen LogP contribution in [-0.2, 0) is 11.3 Å². The molecule has 94 valence electrons. The van der Waals surface area contributed by atoms with Crippen LogP contribution in [0.3, 0.4) is 0 Å². The number of pyridine rings is 1. The SMILES string of the molecule is COCc1[nH]c(-c2ncccc2Br)nc(=S)c1Br. The van der Waals surface area contributed by atoms with E-state index in [2.05, 4.69) is 46.8 Å². The molecular weight excluding hydrogens is 382 g/mol. The first-order valence-corrected chi connectivity index (χ1v) is 7.01. The van der Waals surface area contributed by atoms with Crippen molar-refractivity contribution in [3.8, 4) is 11.5 Å². The molecule has 1 N–H and O–H groups in total. The number of halogens is 2. The number of nitrogens with zero attached hydrogens (tertiary/aromatic N) is 2. The predicted octanol–water partition coefficient (Wildman–Crippen LogP) is 3.87. The molecule has 0 fully saturated rings. The standard InChI is InChI=1S/C11H9Br2N3OS/c1-17-5-7-8(13)11(18)16-10(15-7)9-6(12)3-2-4-14-9/h2-4H,5H2,1H3,(H,15,16,18). The first-order valence-electron chi connectivity index (χ1n) is 5.02. The second-order valence-corrected chi connectivity index (χ2v) is 5.48. The summed E-state index contributed by atoms with van der Waals surface area (Å²) in [5.41, 5.74) is 1.55. The third kappa shape index (κ3) is 2.85. The summed E-state index contributed by atoms with van der Waals surface area (Å²) in [6.45, 7) is 0.421. The maximum absolute atomic E-state index is 5.21. The van der Waals surface area contributed by atoms with Gasteiger partial charge in [0.15, 0.2) is 5.82 Å². The molecule has 0 aliphatic rings. The van der Waals surface area contributed by atoms with Gasteiger partial charge in [-0.25, -0.2) is 4.98 Å². The third-order valence-corrected chi connectivity index (χ3v) is 4.26. The number of H-pyrrole nitrogens is 1. The summed E-state index contributed by atoms with van der Waals surface area (Å²) < 4.78 is 7.20. The largest absolute Gasteiger partial charge is 0.378 e. The van der Waals surface area contributed by atoms with Crippen LogP contribution < -0.4 is 0 Å². The van der Waals surface area contributed by atoms with Crippen molar-refractivity contribution in [1.29, 1.82) is 0 Å². The van der Waals surface area contributed by atoms with Crippen molar-refractivity contribution < 1.29 is 4.74 Å². The molecule has 0 aliphatic carbocycles. The van der Waals surface area contributed by atoms with E-state index in [1.807, 2.05) is 12.1 Å². The summed E-state index contributed by atoms with van der Waals surface area (Å²) in [5, 5.41) is 0. The molecule has 2 heterocycles. The minimum atomic E-state index is 0.421. The number of rotatable bonds is 3. The highest BCUT2D eigenvalue weighted by Gasteiger charge is 2.11. The van der Waals surface area contributed by atoms with Gasteiger partial charge < -0.3 is 9.72 Å². The molecule has 0 saturated heterocycles. The molecule has 7 heteroatoms. The van der Waals surface area contributed by atoms with Gasteiger partial charge in [0.1, 0.15) is 10.3 Å². The number of ether oxygens (including phenoxy) is 1. The van der Waals surface area contributed by atoms with Crippen LogP contribution in [0.5, 0.6) is 0 Å². The fourth-order valence-corrected chi connectivity index (χ4v) is 2.38. The van der Waals surface area contributed by atoms with E-state index < -0.39 is 0 Å². The molecule has 0 unspecified atom stereocenters. The Morgan fingerprint density at radius 2 is 2.22 bits per heavy atom. The fraction of sp³-hybridized carbons (Fsp3) is 0.182. The molecule has 0 spiro atoms. The molecular formula is C11H9Br2N3OS. The van der Waals surface area contributed by atoms with Crippen LogP contribution in [0.1, 0.15) is 5.69 Å². The number of methoxy groups -OCH3 is 1. The van der Waals surface area contributed by atoms with Crippen LogP contribution in [-0.4, -0.2) is 22.1 Å². The molecule has 2 aromatic rings. The van der Waals surface area contributed by atoms with E-state index in [0.717, 1.165) is 14.6 Å². The number of hydrogen-bond donors (Lipinski definition) is 1. The van der Waals surface area contributed by atoms with E-state index in [-0.39, 0.29) is 0 Å². The Bertz CT molecular complexity index is 630. The van der Waals surface area contributed by atoms with E-state index in [9.17, 15) is 0 Å². The Labute approximate surface area is 126 Å². The smallest absolute Gasteiger partial charge is 0.159 e. The average molecular weight is 391 g/mol. The first-order chi connectivity index (χ1) is 8.63. The van der Waals surface area contributed by atoms with Crippen molar-refractivity contribution in [2.45, 2.75) is 6.61 Å². The Balaban J connectivity index is 2.59. The lowest BCUT2D eigenvalue weighted by molar-refractivity contribution is 0.181. The second kappa shape index (κ2) is 6.01. The van der Waals surface area contributed by atoms with Crippen molar-refractivity contribution in [2.24, 2.45) is 0 Å². The molecule has 0 radical (unpaired) electrons. The fourth-order valence-electron chi connectivity index (χ4n) is 1.42. The average Bonchev–Trinajstić information content (AvgIpc) is 2.35. The van der Waals surface area contributed by atoms with Gasteiger partial charge in [0, 0.05) is 17.8 Å². The van der Waals surface area contributed by atoms with E-state index in [1.165, 1.54) is 0 Å². The maximum Gasteiger partial charge on any atom is 0.159 e. The summed E-state index contributed by atoms with van der Waals surface area (Å²) in [4.78, 5) is 11.8. The van der Waals surface area contributed by atoms with E-state index in [4.69, 9.17) is 17.0 Å². The normalized spacial score (nSPS) is 10.6. The first kappa shape index (κ1) is 13.8. The van der Waals surface area contributed by atoms with Crippen LogP contribution in [0.4, 0.5) is 0 Å². The summed E-state index contributed by atoms with van der Waals surface area (Å²) in [5.74, 6) is 0.614. The van der Waals surface area contributed by atoms with Gasteiger partial charge in [-0.3, -0.25) is 4.98 Å². The minimum absolute atomic E-state index is 0.421. The zero-order valence-electron chi connectivity index (χ0n) is 9.41. The van der Waals surface area contributed by atoms with Crippen LogP contribution in [0.15, 0.2) is 27.3 Å². The monoisotopic (exact) mass is 389 g/mol. The highest BCUT2D eigenvalue weighted by molar-refractivity contribution is 9.11.